The van der Waals surface area contributed by atoms with Crippen molar-refractivity contribution in [3.63, 3.8) is 0 Å². The minimum absolute atomic E-state index is 0.378. The van der Waals surface area contributed by atoms with Crippen molar-refractivity contribution in [1.29, 1.82) is 0 Å². The largest absolute Gasteiger partial charge is 0.377 e. The number of aliphatic hydroxyl groups excluding tert-OH is 1. The van der Waals surface area contributed by atoms with Crippen molar-refractivity contribution >= 4 is 28.2 Å². The molecule has 0 radical (unpaired) electrons. The Labute approximate surface area is 138 Å². The lowest BCUT2D eigenvalue weighted by molar-refractivity contribution is 0.263. The monoisotopic (exact) mass is 329 g/mol. The highest BCUT2D eigenvalue weighted by Gasteiger charge is 2.14. The van der Waals surface area contributed by atoms with Crippen LogP contribution in [0.25, 0.3) is 16.6 Å². The fourth-order valence-corrected chi connectivity index (χ4v) is 2.79. The molecule has 5 nitrogen and oxygen atoms in total. The van der Waals surface area contributed by atoms with Crippen molar-refractivity contribution < 1.29 is 5.11 Å². The van der Waals surface area contributed by atoms with Gasteiger partial charge in [0.25, 0.3) is 0 Å². The Balaban J connectivity index is 2.30. The van der Waals surface area contributed by atoms with E-state index in [1.54, 1.807) is 12.3 Å². The molecule has 0 spiro atoms. The minimum Gasteiger partial charge on any atom is -0.377 e. The van der Waals surface area contributed by atoms with Gasteiger partial charge in [0, 0.05) is 36.9 Å². The summed E-state index contributed by atoms with van der Waals surface area (Å²) >= 11 is 5.90. The van der Waals surface area contributed by atoms with E-state index in [1.165, 1.54) is 4.57 Å². The molecule has 0 bridgehead atoms. The van der Waals surface area contributed by atoms with E-state index < -0.39 is 5.56 Å². The lowest BCUT2D eigenvalue weighted by Crippen LogP contribution is -2.21. The van der Waals surface area contributed by atoms with Crippen LogP contribution in [0.5, 0.6) is 0 Å². The molecule has 1 unspecified atom stereocenters. The molecule has 0 fully saturated rings. The first-order chi connectivity index (χ1) is 11.0. The third-order valence-corrected chi connectivity index (χ3v) is 3.93. The van der Waals surface area contributed by atoms with Crippen molar-refractivity contribution in [3.05, 3.63) is 64.7 Å². The second kappa shape index (κ2) is 6.02. The molecule has 0 saturated carbocycles. The van der Waals surface area contributed by atoms with Gasteiger partial charge in [-0.1, -0.05) is 29.8 Å². The van der Waals surface area contributed by atoms with E-state index >= 15 is 0 Å². The van der Waals surface area contributed by atoms with Crippen LogP contribution < -0.4 is 10.6 Å². The normalized spacial score (nSPS) is 12.3. The van der Waals surface area contributed by atoms with Crippen molar-refractivity contribution in [2.75, 3.05) is 19.0 Å². The highest BCUT2D eigenvalue weighted by Crippen LogP contribution is 2.30. The number of alkyl halides is 1. The van der Waals surface area contributed by atoms with Crippen LogP contribution in [0.1, 0.15) is 11.1 Å². The van der Waals surface area contributed by atoms with E-state index in [4.69, 9.17) is 11.6 Å². The molecule has 0 aliphatic rings. The van der Waals surface area contributed by atoms with Crippen LogP contribution in [0, 0.1) is 0 Å². The van der Waals surface area contributed by atoms with Gasteiger partial charge in [0.1, 0.15) is 0 Å². The number of aromatic nitrogens is 2. The predicted molar refractivity (Wildman–Crippen MR) is 92.5 cm³/mol. The molecule has 0 amide bonds. The number of benzene rings is 2. The molecule has 1 atom stereocenters. The second-order valence-electron chi connectivity index (χ2n) is 5.41. The lowest BCUT2D eigenvalue weighted by Gasteiger charge is -2.20. The molecule has 23 heavy (non-hydrogen) atoms. The second-order valence-corrected chi connectivity index (χ2v) is 5.82. The van der Waals surface area contributed by atoms with E-state index in [0.29, 0.717) is 11.3 Å². The lowest BCUT2D eigenvalue weighted by atomic mass is 10.1. The third-order valence-electron chi connectivity index (χ3n) is 3.69. The Kier molecular flexibility index (Phi) is 4.07. The Morgan fingerprint density at radius 3 is 2.65 bits per heavy atom. The van der Waals surface area contributed by atoms with Crippen LogP contribution in [0.4, 0.5) is 5.69 Å². The van der Waals surface area contributed by atoms with Gasteiger partial charge in [-0.2, -0.15) is 0 Å². The van der Waals surface area contributed by atoms with Gasteiger partial charge in [0.15, 0.2) is 5.56 Å². The van der Waals surface area contributed by atoms with Gasteiger partial charge >= 0.3 is 5.69 Å². The van der Waals surface area contributed by atoms with Gasteiger partial charge in [-0.3, -0.25) is 4.57 Å². The van der Waals surface area contributed by atoms with Gasteiger partial charge in [-0.15, -0.1) is 0 Å². The maximum Gasteiger partial charge on any atom is 0.352 e. The number of para-hydroxylation sites is 1. The smallest absolute Gasteiger partial charge is 0.352 e. The van der Waals surface area contributed by atoms with Crippen molar-refractivity contribution in [2.45, 2.75) is 5.56 Å². The van der Waals surface area contributed by atoms with E-state index in [0.717, 1.165) is 16.6 Å². The van der Waals surface area contributed by atoms with Crippen molar-refractivity contribution in [2.24, 2.45) is 0 Å². The highest BCUT2D eigenvalue weighted by molar-refractivity contribution is 6.20. The molecule has 2 aromatic carbocycles. The Morgan fingerprint density at radius 1 is 1.22 bits per heavy atom. The molecule has 3 aromatic rings. The maximum absolute atomic E-state index is 12.3. The molecule has 0 aliphatic carbocycles. The summed E-state index contributed by atoms with van der Waals surface area (Å²) < 4.78 is 1.51. The zero-order chi connectivity index (χ0) is 16.6. The molecular weight excluding hydrogens is 314 g/mol. The average molecular weight is 330 g/mol. The summed E-state index contributed by atoms with van der Waals surface area (Å²) in [6.45, 7) is 0. The quantitative estimate of drug-likeness (QED) is 0.751. The summed E-state index contributed by atoms with van der Waals surface area (Å²) in [5.74, 6) is 0. The number of nitrogens with zero attached hydrogens (tertiary/aromatic N) is 3. The first kappa shape index (κ1) is 15.5. The Hall–Kier alpha value is -2.37. The summed E-state index contributed by atoms with van der Waals surface area (Å²) in [6, 6.07) is 12.9. The van der Waals surface area contributed by atoms with Gasteiger partial charge in [-0.25, -0.2) is 9.78 Å². The fraction of sp³-hybridized carbons (Fsp3) is 0.176. The zero-order valence-electron chi connectivity index (χ0n) is 12.8. The molecule has 1 N–H and O–H groups in total. The van der Waals surface area contributed by atoms with E-state index in [-0.39, 0.29) is 5.69 Å². The molecule has 1 aromatic heterocycles. The molecule has 0 saturated heterocycles. The Bertz CT molecular complexity index is 919. The van der Waals surface area contributed by atoms with Gasteiger partial charge in [-0.05, 0) is 24.3 Å². The summed E-state index contributed by atoms with van der Waals surface area (Å²) in [7, 11) is 3.73. The van der Waals surface area contributed by atoms with Crippen LogP contribution in [0.3, 0.4) is 0 Å². The van der Waals surface area contributed by atoms with Crippen LogP contribution in [-0.2, 0) is 0 Å². The molecule has 3 rings (SSSR count). The standard InChI is InChI=1S/C17H16ClN3O2/c1-20(2)15-8-7-12(9-13(15)16(18)22)21-14-6-4-3-5-11(14)10-19-17(21)23/h3-10,16,22H,1-2H3. The summed E-state index contributed by atoms with van der Waals surface area (Å²) in [5.41, 5.74) is 1.15. The number of halogens is 1. The summed E-state index contributed by atoms with van der Waals surface area (Å²) in [5, 5.41) is 10.7. The van der Waals surface area contributed by atoms with E-state index in [9.17, 15) is 9.90 Å². The topological polar surface area (TPSA) is 58.4 Å². The molecule has 6 heteroatoms. The molecule has 0 aliphatic heterocycles. The predicted octanol–water partition coefficient (Wildman–Crippen LogP) is 2.68. The fourth-order valence-electron chi connectivity index (χ4n) is 2.61. The van der Waals surface area contributed by atoms with Crippen LogP contribution in [-0.4, -0.2) is 28.8 Å². The first-order valence-corrected chi connectivity index (χ1v) is 7.53. The number of aliphatic hydroxyl groups is 1. The Morgan fingerprint density at radius 2 is 1.96 bits per heavy atom. The summed E-state index contributed by atoms with van der Waals surface area (Å²) in [4.78, 5) is 18.1. The van der Waals surface area contributed by atoms with E-state index in [1.807, 2.05) is 55.4 Å². The SMILES string of the molecule is CN(C)c1ccc(-n2c(=O)ncc3ccccc32)cc1C(O)Cl. The number of anilines is 1. The van der Waals surface area contributed by atoms with Gasteiger partial charge in [0.05, 0.1) is 11.2 Å². The number of hydrogen-bond donors (Lipinski definition) is 1. The molecular formula is C17H16ClN3O2. The van der Waals surface area contributed by atoms with E-state index in [2.05, 4.69) is 4.98 Å². The van der Waals surface area contributed by atoms with Crippen molar-refractivity contribution in [3.8, 4) is 5.69 Å². The van der Waals surface area contributed by atoms with Crippen LogP contribution in [0.2, 0.25) is 0 Å². The molecule has 118 valence electrons. The van der Waals surface area contributed by atoms with Gasteiger partial charge in [0.2, 0.25) is 0 Å². The summed E-state index contributed by atoms with van der Waals surface area (Å²) in [6.07, 6.45) is 1.56. The van der Waals surface area contributed by atoms with Crippen LogP contribution >= 0.6 is 11.6 Å². The highest BCUT2D eigenvalue weighted by atomic mass is 35.5. The minimum atomic E-state index is -1.16. The number of fused-ring (bicyclic) bond motifs is 1. The number of rotatable bonds is 3. The molecule has 1 heterocycles. The van der Waals surface area contributed by atoms with Gasteiger partial charge < -0.3 is 10.0 Å². The maximum atomic E-state index is 12.3. The first-order valence-electron chi connectivity index (χ1n) is 7.09. The zero-order valence-corrected chi connectivity index (χ0v) is 13.5. The number of hydrogen-bond acceptors (Lipinski definition) is 4. The van der Waals surface area contributed by atoms with Crippen LogP contribution in [0.15, 0.2) is 53.5 Å². The third kappa shape index (κ3) is 2.81. The van der Waals surface area contributed by atoms with Crippen molar-refractivity contribution in [1.82, 2.24) is 9.55 Å². The average Bonchev–Trinajstić information content (AvgIpc) is 2.54.